The predicted molar refractivity (Wildman–Crippen MR) is 66.9 cm³/mol. The average molecular weight is 271 g/mol. The van der Waals surface area contributed by atoms with E-state index in [0.29, 0.717) is 5.75 Å². The lowest BCUT2D eigenvalue weighted by molar-refractivity contribution is -0.134. The maximum Gasteiger partial charge on any atom is 0.455 e. The summed E-state index contributed by atoms with van der Waals surface area (Å²) in [5, 5.41) is 0. The van der Waals surface area contributed by atoms with Gasteiger partial charge in [-0.3, -0.25) is 4.52 Å². The maximum atomic E-state index is 11.3. The van der Waals surface area contributed by atoms with Crippen molar-refractivity contribution >= 4 is 19.8 Å². The van der Waals surface area contributed by atoms with Gasteiger partial charge in [0.15, 0.2) is 0 Å². The molecule has 0 amide bonds. The third-order valence-electron chi connectivity index (χ3n) is 1.98. The number of nitrogens with two attached hydrogens (primary N) is 1. The normalized spacial score (nSPS) is 14.2. The SMILES string of the molecule is COC(=O)/C=C/c1ccc(O[P@@](N)(=O)OC)cc1. The lowest BCUT2D eigenvalue weighted by atomic mass is 10.2. The van der Waals surface area contributed by atoms with E-state index in [-0.39, 0.29) is 0 Å². The smallest absolute Gasteiger partial charge is 0.455 e. The van der Waals surface area contributed by atoms with Gasteiger partial charge in [0.05, 0.1) is 7.11 Å². The molecule has 0 unspecified atom stereocenters. The van der Waals surface area contributed by atoms with Crippen LogP contribution in [0.15, 0.2) is 30.3 Å². The van der Waals surface area contributed by atoms with E-state index in [0.717, 1.165) is 5.56 Å². The molecule has 0 spiro atoms. The highest BCUT2D eigenvalue weighted by Gasteiger charge is 2.16. The number of hydrogen-bond donors (Lipinski definition) is 1. The van der Waals surface area contributed by atoms with E-state index in [1.165, 1.54) is 20.3 Å². The minimum atomic E-state index is -3.54. The van der Waals surface area contributed by atoms with Crippen molar-refractivity contribution < 1.29 is 23.1 Å². The van der Waals surface area contributed by atoms with Gasteiger partial charge in [0.2, 0.25) is 0 Å². The van der Waals surface area contributed by atoms with Gasteiger partial charge < -0.3 is 9.26 Å². The number of ether oxygens (including phenoxy) is 1. The van der Waals surface area contributed by atoms with Gasteiger partial charge in [-0.05, 0) is 23.8 Å². The van der Waals surface area contributed by atoms with Crippen LogP contribution in [0, 0.1) is 0 Å². The van der Waals surface area contributed by atoms with E-state index >= 15 is 0 Å². The summed E-state index contributed by atoms with van der Waals surface area (Å²) in [6.07, 6.45) is 2.87. The van der Waals surface area contributed by atoms with Crippen LogP contribution in [0.3, 0.4) is 0 Å². The fraction of sp³-hybridized carbons (Fsp3) is 0.182. The first-order valence-corrected chi connectivity index (χ1v) is 6.58. The fourth-order valence-electron chi connectivity index (χ4n) is 1.06. The summed E-state index contributed by atoms with van der Waals surface area (Å²) in [5.41, 5.74) is 6.00. The minimum absolute atomic E-state index is 0.318. The number of benzene rings is 1. The number of rotatable bonds is 5. The quantitative estimate of drug-likeness (QED) is 0.500. The molecule has 0 aromatic heterocycles. The molecule has 0 bridgehead atoms. The second-order valence-corrected chi connectivity index (χ2v) is 4.87. The highest BCUT2D eigenvalue weighted by Crippen LogP contribution is 2.38. The third kappa shape index (κ3) is 4.71. The Morgan fingerprint density at radius 2 is 1.89 bits per heavy atom. The van der Waals surface area contributed by atoms with Crippen LogP contribution in [-0.4, -0.2) is 20.2 Å². The van der Waals surface area contributed by atoms with Crippen LogP contribution < -0.4 is 10.0 Å². The van der Waals surface area contributed by atoms with E-state index in [1.807, 2.05) is 0 Å². The maximum absolute atomic E-state index is 11.3. The van der Waals surface area contributed by atoms with Crippen LogP contribution in [0.1, 0.15) is 5.56 Å². The van der Waals surface area contributed by atoms with E-state index in [9.17, 15) is 9.36 Å². The molecule has 0 saturated heterocycles. The molecule has 1 aromatic carbocycles. The molecule has 1 atom stereocenters. The van der Waals surface area contributed by atoms with Gasteiger partial charge in [-0.25, -0.2) is 14.9 Å². The van der Waals surface area contributed by atoms with Gasteiger partial charge in [-0.1, -0.05) is 12.1 Å². The molecule has 0 radical (unpaired) electrons. The number of esters is 1. The van der Waals surface area contributed by atoms with Crippen LogP contribution in [-0.2, 0) is 18.6 Å². The van der Waals surface area contributed by atoms with Crippen molar-refractivity contribution in [3.63, 3.8) is 0 Å². The second kappa shape index (κ2) is 6.35. The van der Waals surface area contributed by atoms with Crippen LogP contribution in [0.5, 0.6) is 5.75 Å². The molecule has 18 heavy (non-hydrogen) atoms. The fourth-order valence-corrected chi connectivity index (χ4v) is 1.55. The summed E-state index contributed by atoms with van der Waals surface area (Å²) in [7, 11) is -1.04. The zero-order chi connectivity index (χ0) is 13.6. The number of carbonyl (C=O) groups is 1. The summed E-state index contributed by atoms with van der Waals surface area (Å²) < 4.78 is 25.3. The molecule has 1 aromatic rings. The summed E-state index contributed by atoms with van der Waals surface area (Å²) in [4.78, 5) is 10.9. The van der Waals surface area contributed by atoms with E-state index in [1.54, 1.807) is 30.3 Å². The van der Waals surface area contributed by atoms with Crippen LogP contribution in [0.4, 0.5) is 0 Å². The van der Waals surface area contributed by atoms with E-state index in [2.05, 4.69) is 9.26 Å². The van der Waals surface area contributed by atoms with Crippen molar-refractivity contribution in [1.82, 2.24) is 0 Å². The Bertz CT molecular complexity index is 483. The standard InChI is InChI=1S/C11H14NO5P/c1-15-11(13)8-5-9-3-6-10(7-4-9)17-18(12,14)16-2/h3-8H,1-2H3,(H2,12,14)/b8-5+/t18-/m0/s1. The molecular formula is C11H14NO5P. The zero-order valence-electron chi connectivity index (χ0n) is 10.0. The van der Waals surface area contributed by atoms with Gasteiger partial charge in [-0.2, -0.15) is 0 Å². The van der Waals surface area contributed by atoms with Crippen molar-refractivity contribution in [2.24, 2.45) is 5.50 Å². The summed E-state index contributed by atoms with van der Waals surface area (Å²) in [6.45, 7) is 0. The number of methoxy groups -OCH3 is 1. The predicted octanol–water partition coefficient (Wildman–Crippen LogP) is 1.96. The topological polar surface area (TPSA) is 87.9 Å². The largest absolute Gasteiger partial charge is 0.466 e. The lowest BCUT2D eigenvalue weighted by Gasteiger charge is -2.11. The Balaban J connectivity index is 2.72. The van der Waals surface area contributed by atoms with Crippen molar-refractivity contribution in [2.45, 2.75) is 0 Å². The van der Waals surface area contributed by atoms with Crippen molar-refractivity contribution in [3.05, 3.63) is 35.9 Å². The lowest BCUT2D eigenvalue weighted by Crippen LogP contribution is -2.03. The Labute approximate surface area is 105 Å². The van der Waals surface area contributed by atoms with Crippen molar-refractivity contribution in [2.75, 3.05) is 14.2 Å². The van der Waals surface area contributed by atoms with Crippen molar-refractivity contribution in [3.8, 4) is 5.75 Å². The van der Waals surface area contributed by atoms with Crippen LogP contribution >= 0.6 is 7.75 Å². The van der Waals surface area contributed by atoms with E-state index < -0.39 is 13.7 Å². The van der Waals surface area contributed by atoms with Gasteiger partial charge in [0.1, 0.15) is 5.75 Å². The van der Waals surface area contributed by atoms with Crippen LogP contribution in [0.2, 0.25) is 0 Å². The highest BCUT2D eigenvalue weighted by atomic mass is 31.2. The molecule has 98 valence electrons. The summed E-state index contributed by atoms with van der Waals surface area (Å²) >= 11 is 0. The molecule has 0 fully saturated rings. The zero-order valence-corrected chi connectivity index (χ0v) is 10.9. The molecule has 2 N–H and O–H groups in total. The summed E-state index contributed by atoms with van der Waals surface area (Å²) in [6, 6.07) is 6.47. The highest BCUT2D eigenvalue weighted by molar-refractivity contribution is 7.51. The Kier molecular flexibility index (Phi) is 5.09. The Hall–Kier alpha value is -1.62. The first-order valence-electron chi connectivity index (χ1n) is 4.97. The molecular weight excluding hydrogens is 257 g/mol. The molecule has 7 heteroatoms. The Morgan fingerprint density at radius 3 is 2.39 bits per heavy atom. The third-order valence-corrected chi connectivity index (χ3v) is 2.95. The molecule has 0 heterocycles. The molecule has 0 aliphatic heterocycles. The monoisotopic (exact) mass is 271 g/mol. The van der Waals surface area contributed by atoms with E-state index in [4.69, 9.17) is 10.0 Å². The minimum Gasteiger partial charge on any atom is -0.466 e. The first-order chi connectivity index (χ1) is 8.46. The second-order valence-electron chi connectivity index (χ2n) is 3.24. The molecule has 0 saturated carbocycles. The van der Waals surface area contributed by atoms with Crippen LogP contribution in [0.25, 0.3) is 6.08 Å². The number of carbonyl (C=O) groups excluding carboxylic acids is 1. The Morgan fingerprint density at radius 1 is 1.28 bits per heavy atom. The van der Waals surface area contributed by atoms with Gasteiger partial charge in [-0.15, -0.1) is 0 Å². The molecule has 0 aliphatic carbocycles. The van der Waals surface area contributed by atoms with Gasteiger partial charge >= 0.3 is 13.7 Å². The molecule has 0 aliphatic rings. The molecule has 6 nitrogen and oxygen atoms in total. The first kappa shape index (κ1) is 14.4. The summed E-state index contributed by atoms with van der Waals surface area (Å²) in [5.74, 6) is -0.126. The van der Waals surface area contributed by atoms with Crippen molar-refractivity contribution in [1.29, 1.82) is 0 Å². The number of hydrogen-bond acceptors (Lipinski definition) is 5. The average Bonchev–Trinajstić information content (AvgIpc) is 2.37. The van der Waals surface area contributed by atoms with Gasteiger partial charge in [0.25, 0.3) is 0 Å². The molecule has 1 rings (SSSR count). The van der Waals surface area contributed by atoms with Gasteiger partial charge in [0, 0.05) is 13.2 Å².